The number of nitro groups is 1. The summed E-state index contributed by atoms with van der Waals surface area (Å²) in [5, 5.41) is 16.3. The number of anilines is 1. The molecule has 0 saturated carbocycles. The molecule has 1 N–H and O–H groups in total. The number of amides is 1. The average molecular weight is 375 g/mol. The SMILES string of the molecule is Cc1ccc(NC(OC(=O)N2CCCCC2)c2cccs2)c([N+](=O)[O-])c1. The number of nitrogens with one attached hydrogen (secondary N) is 1. The molecule has 1 fully saturated rings. The predicted octanol–water partition coefficient (Wildman–Crippen LogP) is 4.70. The molecule has 7 nitrogen and oxygen atoms in total. The first kappa shape index (κ1) is 18.2. The number of benzene rings is 1. The van der Waals surface area contributed by atoms with E-state index in [2.05, 4.69) is 5.32 Å². The summed E-state index contributed by atoms with van der Waals surface area (Å²) >= 11 is 1.43. The Labute approximate surface area is 155 Å². The molecule has 1 saturated heterocycles. The second kappa shape index (κ2) is 8.18. The first-order valence-corrected chi connectivity index (χ1v) is 9.43. The summed E-state index contributed by atoms with van der Waals surface area (Å²) in [4.78, 5) is 25.9. The van der Waals surface area contributed by atoms with Crippen LogP contribution in [0.25, 0.3) is 0 Å². The molecule has 2 aromatic rings. The van der Waals surface area contributed by atoms with Gasteiger partial charge in [0.1, 0.15) is 5.69 Å². The van der Waals surface area contributed by atoms with Gasteiger partial charge in [0.25, 0.3) is 5.69 Å². The Morgan fingerprint density at radius 1 is 1.31 bits per heavy atom. The molecule has 1 unspecified atom stereocenters. The second-order valence-electron chi connectivity index (χ2n) is 6.25. The van der Waals surface area contributed by atoms with E-state index in [4.69, 9.17) is 4.74 Å². The van der Waals surface area contributed by atoms with Crippen molar-refractivity contribution in [2.75, 3.05) is 18.4 Å². The summed E-state index contributed by atoms with van der Waals surface area (Å²) in [5.41, 5.74) is 1.08. The van der Waals surface area contributed by atoms with Gasteiger partial charge in [-0.05, 0) is 49.3 Å². The highest BCUT2D eigenvalue weighted by Crippen LogP contribution is 2.31. The van der Waals surface area contributed by atoms with Gasteiger partial charge in [-0.15, -0.1) is 11.3 Å². The summed E-state index contributed by atoms with van der Waals surface area (Å²) in [6, 6.07) is 8.62. The highest BCUT2D eigenvalue weighted by molar-refractivity contribution is 7.10. The maximum atomic E-state index is 12.5. The van der Waals surface area contributed by atoms with Crippen LogP contribution in [0.2, 0.25) is 0 Å². The summed E-state index contributed by atoms with van der Waals surface area (Å²) in [5.74, 6) is 0. The van der Waals surface area contributed by atoms with Gasteiger partial charge in [-0.2, -0.15) is 0 Å². The summed E-state index contributed by atoms with van der Waals surface area (Å²) in [7, 11) is 0. The number of carbonyl (C=O) groups is 1. The molecule has 1 aliphatic heterocycles. The number of hydrogen-bond acceptors (Lipinski definition) is 6. The molecule has 0 spiro atoms. The van der Waals surface area contributed by atoms with Crippen LogP contribution in [0.15, 0.2) is 35.7 Å². The first-order chi connectivity index (χ1) is 12.5. The van der Waals surface area contributed by atoms with Crippen molar-refractivity contribution in [2.24, 2.45) is 0 Å². The molecule has 1 aromatic carbocycles. The van der Waals surface area contributed by atoms with E-state index < -0.39 is 17.2 Å². The molecule has 1 amide bonds. The third-order valence-electron chi connectivity index (χ3n) is 4.27. The van der Waals surface area contributed by atoms with Crippen molar-refractivity contribution in [2.45, 2.75) is 32.4 Å². The van der Waals surface area contributed by atoms with Crippen LogP contribution in [-0.2, 0) is 4.74 Å². The zero-order valence-corrected chi connectivity index (χ0v) is 15.3. The van der Waals surface area contributed by atoms with Crippen molar-refractivity contribution < 1.29 is 14.5 Å². The molecule has 0 aliphatic carbocycles. The van der Waals surface area contributed by atoms with Gasteiger partial charge in [0.2, 0.25) is 6.23 Å². The third-order valence-corrected chi connectivity index (χ3v) is 5.19. The largest absolute Gasteiger partial charge is 0.420 e. The maximum Gasteiger partial charge on any atom is 0.411 e. The lowest BCUT2D eigenvalue weighted by atomic mass is 10.1. The number of thiophene rings is 1. The first-order valence-electron chi connectivity index (χ1n) is 8.55. The average Bonchev–Trinajstić information content (AvgIpc) is 3.17. The van der Waals surface area contributed by atoms with Crippen LogP contribution >= 0.6 is 11.3 Å². The lowest BCUT2D eigenvalue weighted by Crippen LogP contribution is -2.37. The molecule has 138 valence electrons. The lowest BCUT2D eigenvalue weighted by molar-refractivity contribution is -0.384. The van der Waals surface area contributed by atoms with E-state index in [1.165, 1.54) is 17.4 Å². The van der Waals surface area contributed by atoms with Crippen LogP contribution in [-0.4, -0.2) is 29.0 Å². The van der Waals surface area contributed by atoms with Crippen molar-refractivity contribution in [3.63, 3.8) is 0 Å². The number of aryl methyl sites for hydroxylation is 1. The van der Waals surface area contributed by atoms with E-state index in [1.807, 2.05) is 17.5 Å². The van der Waals surface area contributed by atoms with Crippen molar-refractivity contribution in [1.82, 2.24) is 4.90 Å². The van der Waals surface area contributed by atoms with Crippen LogP contribution in [0.1, 0.15) is 35.9 Å². The Bertz CT molecular complexity index is 773. The molecule has 0 bridgehead atoms. The van der Waals surface area contributed by atoms with Gasteiger partial charge in [-0.3, -0.25) is 10.1 Å². The van der Waals surface area contributed by atoms with Crippen LogP contribution in [0.4, 0.5) is 16.2 Å². The summed E-state index contributed by atoms with van der Waals surface area (Å²) in [6.45, 7) is 3.16. The number of nitro benzene ring substituents is 1. The van der Waals surface area contributed by atoms with E-state index in [9.17, 15) is 14.9 Å². The number of piperidine rings is 1. The van der Waals surface area contributed by atoms with Crippen molar-refractivity contribution in [1.29, 1.82) is 0 Å². The fourth-order valence-electron chi connectivity index (χ4n) is 2.91. The molecule has 26 heavy (non-hydrogen) atoms. The van der Waals surface area contributed by atoms with Crippen LogP contribution in [0, 0.1) is 17.0 Å². The Balaban J connectivity index is 1.81. The minimum atomic E-state index is -0.772. The number of likely N-dealkylation sites (tertiary alicyclic amines) is 1. The minimum Gasteiger partial charge on any atom is -0.420 e. The zero-order valence-electron chi connectivity index (χ0n) is 14.5. The monoisotopic (exact) mass is 375 g/mol. The van der Waals surface area contributed by atoms with Gasteiger partial charge < -0.3 is 15.0 Å². The summed E-state index contributed by atoms with van der Waals surface area (Å²) < 4.78 is 5.67. The molecule has 2 heterocycles. The molecule has 1 aromatic heterocycles. The smallest absolute Gasteiger partial charge is 0.411 e. The molecule has 8 heteroatoms. The highest BCUT2D eigenvalue weighted by Gasteiger charge is 2.25. The van der Waals surface area contributed by atoms with E-state index in [1.54, 1.807) is 24.0 Å². The van der Waals surface area contributed by atoms with E-state index in [0.29, 0.717) is 18.8 Å². The van der Waals surface area contributed by atoms with Gasteiger partial charge >= 0.3 is 6.09 Å². The van der Waals surface area contributed by atoms with Crippen molar-refractivity contribution >= 4 is 28.8 Å². The Morgan fingerprint density at radius 3 is 2.73 bits per heavy atom. The standard InChI is InChI=1S/C18H21N3O4S/c1-13-7-8-14(15(12-13)21(23)24)19-17(16-6-5-11-26-16)25-18(22)20-9-3-2-4-10-20/h5-8,11-12,17,19H,2-4,9-10H2,1H3. The topological polar surface area (TPSA) is 84.7 Å². The van der Waals surface area contributed by atoms with E-state index in [-0.39, 0.29) is 5.69 Å². The number of ether oxygens (including phenoxy) is 1. The predicted molar refractivity (Wildman–Crippen MR) is 100 cm³/mol. The van der Waals surface area contributed by atoms with Gasteiger partial charge in [0.05, 0.1) is 9.80 Å². The fourth-order valence-corrected chi connectivity index (χ4v) is 3.61. The Morgan fingerprint density at radius 2 is 2.08 bits per heavy atom. The molecular formula is C18H21N3O4S. The van der Waals surface area contributed by atoms with Gasteiger partial charge in [-0.1, -0.05) is 12.1 Å². The maximum absolute atomic E-state index is 12.5. The van der Waals surface area contributed by atoms with Crippen molar-refractivity contribution in [3.8, 4) is 0 Å². The fraction of sp³-hybridized carbons (Fsp3) is 0.389. The quantitative estimate of drug-likeness (QED) is 0.465. The molecular weight excluding hydrogens is 354 g/mol. The number of nitrogens with zero attached hydrogens (tertiary/aromatic N) is 2. The Hall–Kier alpha value is -2.61. The molecule has 1 atom stereocenters. The number of rotatable bonds is 5. The highest BCUT2D eigenvalue weighted by atomic mass is 32.1. The lowest BCUT2D eigenvalue weighted by Gasteiger charge is -2.28. The molecule has 0 radical (unpaired) electrons. The van der Waals surface area contributed by atoms with Gasteiger partial charge in [0, 0.05) is 19.2 Å². The number of hydrogen-bond donors (Lipinski definition) is 1. The zero-order chi connectivity index (χ0) is 18.5. The van der Waals surface area contributed by atoms with Crippen LogP contribution in [0.5, 0.6) is 0 Å². The van der Waals surface area contributed by atoms with Crippen molar-refractivity contribution in [3.05, 3.63) is 56.3 Å². The normalized spacial score (nSPS) is 15.3. The molecule has 3 rings (SSSR count). The van der Waals surface area contributed by atoms with E-state index in [0.717, 1.165) is 29.7 Å². The third kappa shape index (κ3) is 4.32. The van der Waals surface area contributed by atoms with Crippen LogP contribution in [0.3, 0.4) is 0 Å². The van der Waals surface area contributed by atoms with E-state index >= 15 is 0 Å². The van der Waals surface area contributed by atoms with Crippen LogP contribution < -0.4 is 5.32 Å². The molecule has 1 aliphatic rings. The van der Waals surface area contributed by atoms with Gasteiger partial charge in [-0.25, -0.2) is 4.79 Å². The van der Waals surface area contributed by atoms with Gasteiger partial charge in [0.15, 0.2) is 0 Å². The number of carbonyl (C=O) groups excluding carboxylic acids is 1. The Kier molecular flexibility index (Phi) is 5.72. The second-order valence-corrected chi connectivity index (χ2v) is 7.23. The summed E-state index contributed by atoms with van der Waals surface area (Å²) in [6.07, 6.45) is 1.88. The minimum absolute atomic E-state index is 0.0411.